The van der Waals surface area contributed by atoms with Crippen LogP contribution in [0.4, 0.5) is 10.8 Å². The monoisotopic (exact) mass is 268 g/mol. The molecule has 0 radical (unpaired) electrons. The van der Waals surface area contributed by atoms with Crippen molar-refractivity contribution < 1.29 is 4.79 Å². The SMILES string of the molecule is CNc1nnc(C(=O)Nc2ccc(Cl)cc2)s1. The minimum absolute atomic E-state index is 0.286. The Kier molecular flexibility index (Phi) is 3.55. The van der Waals surface area contributed by atoms with Gasteiger partial charge in [-0.15, -0.1) is 10.2 Å². The molecule has 1 amide bonds. The number of hydrogen-bond acceptors (Lipinski definition) is 5. The fraction of sp³-hybridized carbons (Fsp3) is 0.100. The third kappa shape index (κ3) is 2.92. The lowest BCUT2D eigenvalue weighted by Crippen LogP contribution is -2.11. The van der Waals surface area contributed by atoms with Crippen molar-refractivity contribution >= 4 is 39.7 Å². The molecule has 5 nitrogen and oxygen atoms in total. The van der Waals surface area contributed by atoms with E-state index >= 15 is 0 Å². The molecule has 2 rings (SSSR count). The van der Waals surface area contributed by atoms with Crippen molar-refractivity contribution in [3.8, 4) is 0 Å². The van der Waals surface area contributed by atoms with Gasteiger partial charge in [-0.2, -0.15) is 0 Å². The van der Waals surface area contributed by atoms with Gasteiger partial charge in [-0.25, -0.2) is 0 Å². The maximum absolute atomic E-state index is 11.8. The number of rotatable bonds is 3. The van der Waals surface area contributed by atoms with Crippen LogP contribution in [0.15, 0.2) is 24.3 Å². The van der Waals surface area contributed by atoms with Gasteiger partial charge in [-0.3, -0.25) is 4.79 Å². The van der Waals surface area contributed by atoms with E-state index in [2.05, 4.69) is 20.8 Å². The Labute approximate surface area is 107 Å². The van der Waals surface area contributed by atoms with E-state index in [9.17, 15) is 4.79 Å². The second-order valence-corrected chi connectivity index (χ2v) is 4.54. The van der Waals surface area contributed by atoms with Gasteiger partial charge in [0.25, 0.3) is 5.91 Å². The molecule has 0 fully saturated rings. The van der Waals surface area contributed by atoms with E-state index in [4.69, 9.17) is 11.6 Å². The highest BCUT2D eigenvalue weighted by Gasteiger charge is 2.12. The number of amides is 1. The van der Waals surface area contributed by atoms with Gasteiger partial charge in [0.15, 0.2) is 0 Å². The Morgan fingerprint density at radius 3 is 2.59 bits per heavy atom. The van der Waals surface area contributed by atoms with Gasteiger partial charge in [0.1, 0.15) is 0 Å². The zero-order chi connectivity index (χ0) is 12.3. The maximum atomic E-state index is 11.8. The summed E-state index contributed by atoms with van der Waals surface area (Å²) < 4.78 is 0. The average molecular weight is 269 g/mol. The number of aromatic nitrogens is 2. The summed E-state index contributed by atoms with van der Waals surface area (Å²) in [6, 6.07) is 6.85. The normalized spacial score (nSPS) is 10.0. The molecular formula is C10H9ClN4OS. The van der Waals surface area contributed by atoms with Crippen LogP contribution in [-0.2, 0) is 0 Å². The standard InChI is InChI=1S/C10H9ClN4OS/c1-12-10-15-14-9(17-10)8(16)13-7-4-2-6(11)3-5-7/h2-5H,1H3,(H,12,15)(H,13,16). The van der Waals surface area contributed by atoms with E-state index in [0.29, 0.717) is 20.8 Å². The highest BCUT2D eigenvalue weighted by molar-refractivity contribution is 7.17. The number of carbonyl (C=O) groups excluding carboxylic acids is 1. The fourth-order valence-corrected chi connectivity index (χ4v) is 1.85. The molecule has 2 aromatic rings. The van der Waals surface area contributed by atoms with Crippen molar-refractivity contribution in [2.75, 3.05) is 17.7 Å². The topological polar surface area (TPSA) is 66.9 Å². The van der Waals surface area contributed by atoms with Crippen molar-refractivity contribution in [3.05, 3.63) is 34.3 Å². The van der Waals surface area contributed by atoms with Crippen LogP contribution >= 0.6 is 22.9 Å². The maximum Gasteiger partial charge on any atom is 0.286 e. The predicted octanol–water partition coefficient (Wildman–Crippen LogP) is 2.49. The lowest BCUT2D eigenvalue weighted by molar-refractivity contribution is 0.102. The van der Waals surface area contributed by atoms with Gasteiger partial charge in [-0.05, 0) is 24.3 Å². The molecule has 0 unspecified atom stereocenters. The van der Waals surface area contributed by atoms with Crippen molar-refractivity contribution in [2.24, 2.45) is 0 Å². The zero-order valence-electron chi connectivity index (χ0n) is 8.90. The largest absolute Gasteiger partial charge is 0.363 e. The van der Waals surface area contributed by atoms with E-state index in [-0.39, 0.29) is 5.91 Å². The fourth-order valence-electron chi connectivity index (χ4n) is 1.13. The number of carbonyl (C=O) groups is 1. The zero-order valence-corrected chi connectivity index (χ0v) is 10.5. The first-order chi connectivity index (χ1) is 8.19. The second-order valence-electron chi connectivity index (χ2n) is 3.12. The summed E-state index contributed by atoms with van der Waals surface area (Å²) >= 11 is 6.94. The molecule has 1 aromatic carbocycles. The molecule has 2 N–H and O–H groups in total. The quantitative estimate of drug-likeness (QED) is 0.897. The predicted molar refractivity (Wildman–Crippen MR) is 68.9 cm³/mol. The van der Waals surface area contributed by atoms with Crippen molar-refractivity contribution in [1.82, 2.24) is 10.2 Å². The van der Waals surface area contributed by atoms with Gasteiger partial charge >= 0.3 is 0 Å². The van der Waals surface area contributed by atoms with Crippen molar-refractivity contribution in [3.63, 3.8) is 0 Å². The molecule has 7 heteroatoms. The average Bonchev–Trinajstić information content (AvgIpc) is 2.81. The van der Waals surface area contributed by atoms with Crippen LogP contribution in [0, 0.1) is 0 Å². The van der Waals surface area contributed by atoms with Crippen molar-refractivity contribution in [2.45, 2.75) is 0 Å². The Bertz CT molecular complexity index is 525. The summed E-state index contributed by atoms with van der Waals surface area (Å²) in [5.74, 6) is -0.286. The summed E-state index contributed by atoms with van der Waals surface area (Å²) in [6.45, 7) is 0. The number of anilines is 2. The molecule has 0 saturated carbocycles. The van der Waals surface area contributed by atoms with Gasteiger partial charge in [0.05, 0.1) is 0 Å². The molecule has 17 heavy (non-hydrogen) atoms. The van der Waals surface area contributed by atoms with Crippen LogP contribution in [0.3, 0.4) is 0 Å². The summed E-state index contributed by atoms with van der Waals surface area (Å²) in [7, 11) is 1.72. The van der Waals surface area contributed by atoms with Crippen LogP contribution in [0.5, 0.6) is 0 Å². The minimum Gasteiger partial charge on any atom is -0.363 e. The first-order valence-electron chi connectivity index (χ1n) is 4.77. The van der Waals surface area contributed by atoms with Gasteiger partial charge in [0.2, 0.25) is 10.1 Å². The van der Waals surface area contributed by atoms with E-state index in [1.165, 1.54) is 11.3 Å². The second kappa shape index (κ2) is 5.11. The van der Waals surface area contributed by atoms with Gasteiger partial charge in [0, 0.05) is 17.8 Å². The Balaban J connectivity index is 2.08. The van der Waals surface area contributed by atoms with Crippen LogP contribution < -0.4 is 10.6 Å². The first-order valence-corrected chi connectivity index (χ1v) is 5.96. The lowest BCUT2D eigenvalue weighted by Gasteiger charge is -2.01. The van der Waals surface area contributed by atoms with E-state index in [0.717, 1.165) is 0 Å². The van der Waals surface area contributed by atoms with Crippen LogP contribution in [-0.4, -0.2) is 23.2 Å². The lowest BCUT2D eigenvalue weighted by atomic mass is 10.3. The molecule has 0 spiro atoms. The van der Waals surface area contributed by atoms with Crippen LogP contribution in [0.1, 0.15) is 9.80 Å². The van der Waals surface area contributed by atoms with E-state index in [1.54, 1.807) is 31.3 Å². The number of benzene rings is 1. The van der Waals surface area contributed by atoms with E-state index < -0.39 is 0 Å². The number of hydrogen-bond donors (Lipinski definition) is 2. The molecule has 0 bridgehead atoms. The highest BCUT2D eigenvalue weighted by Crippen LogP contribution is 2.17. The molecule has 88 valence electrons. The van der Waals surface area contributed by atoms with E-state index in [1.807, 2.05) is 0 Å². The number of nitrogens with one attached hydrogen (secondary N) is 2. The minimum atomic E-state index is -0.286. The molecular weight excluding hydrogens is 260 g/mol. The van der Waals surface area contributed by atoms with Gasteiger partial charge < -0.3 is 10.6 Å². The Hall–Kier alpha value is -1.66. The summed E-state index contributed by atoms with van der Waals surface area (Å²) in [6.07, 6.45) is 0. The third-order valence-corrected chi connectivity index (χ3v) is 3.13. The summed E-state index contributed by atoms with van der Waals surface area (Å²) in [5.41, 5.74) is 0.667. The number of nitrogens with zero attached hydrogens (tertiary/aromatic N) is 2. The molecule has 1 heterocycles. The number of halogens is 1. The first kappa shape index (κ1) is 11.8. The summed E-state index contributed by atoms with van der Waals surface area (Å²) in [4.78, 5) is 11.8. The van der Waals surface area contributed by atoms with Crippen molar-refractivity contribution in [1.29, 1.82) is 0 Å². The highest BCUT2D eigenvalue weighted by atomic mass is 35.5. The smallest absolute Gasteiger partial charge is 0.286 e. The molecule has 0 aliphatic carbocycles. The van der Waals surface area contributed by atoms with Crippen LogP contribution in [0.25, 0.3) is 0 Å². The molecule has 1 aromatic heterocycles. The third-order valence-electron chi connectivity index (χ3n) is 1.94. The Morgan fingerprint density at radius 1 is 1.29 bits per heavy atom. The molecule has 0 aliphatic heterocycles. The molecule has 0 saturated heterocycles. The Morgan fingerprint density at radius 2 is 2.00 bits per heavy atom. The van der Waals surface area contributed by atoms with Gasteiger partial charge in [-0.1, -0.05) is 22.9 Å². The molecule has 0 atom stereocenters. The summed E-state index contributed by atoms with van der Waals surface area (Å²) in [5, 5.41) is 14.6. The molecule has 0 aliphatic rings. The van der Waals surface area contributed by atoms with Crippen LogP contribution in [0.2, 0.25) is 5.02 Å².